The number of hydrogen-bond donors (Lipinski definition) is 2. The second-order valence-electron chi connectivity index (χ2n) is 4.63. The molecule has 0 unspecified atom stereocenters. The molecule has 0 aliphatic carbocycles. The van der Waals surface area contributed by atoms with E-state index < -0.39 is 11.9 Å². The average molecular weight is 285 g/mol. The molecule has 5 heteroatoms. The van der Waals surface area contributed by atoms with Crippen molar-refractivity contribution in [3.05, 3.63) is 24.8 Å². The quantitative estimate of drug-likeness (QED) is 0.475. The summed E-state index contributed by atoms with van der Waals surface area (Å²) >= 11 is 0. The van der Waals surface area contributed by atoms with E-state index in [0.29, 0.717) is 17.7 Å². The first-order valence-corrected chi connectivity index (χ1v) is 6.90. The van der Waals surface area contributed by atoms with Crippen LogP contribution in [0.15, 0.2) is 24.8 Å². The Balaban J connectivity index is 0. The molecule has 0 aliphatic heterocycles. The van der Waals surface area contributed by atoms with Crippen LogP contribution in [0.1, 0.15) is 46.0 Å². The maximum atomic E-state index is 9.53. The molecule has 0 saturated heterocycles. The average Bonchev–Trinajstić information content (AvgIpc) is 2.38. The zero-order valence-corrected chi connectivity index (χ0v) is 12.7. The second-order valence-corrected chi connectivity index (χ2v) is 4.63. The van der Waals surface area contributed by atoms with Crippen molar-refractivity contribution in [1.82, 2.24) is 0 Å². The van der Waals surface area contributed by atoms with Gasteiger partial charge in [0.1, 0.15) is 0 Å². The third-order valence-electron chi connectivity index (χ3n) is 3.02. The molecule has 0 saturated carbocycles. The number of rotatable bonds is 9. The SMILES string of the molecule is C=CCC(CCC)(CCC)[NH2+]C.O=C([O-])/C=C\C(=O)O. The van der Waals surface area contributed by atoms with Crippen LogP contribution in [0.5, 0.6) is 0 Å². The van der Waals surface area contributed by atoms with Gasteiger partial charge in [-0.1, -0.05) is 32.8 Å². The van der Waals surface area contributed by atoms with Gasteiger partial charge in [-0.15, -0.1) is 6.58 Å². The van der Waals surface area contributed by atoms with Crippen molar-refractivity contribution in [1.29, 1.82) is 0 Å². The smallest absolute Gasteiger partial charge is 0.328 e. The largest absolute Gasteiger partial charge is 0.545 e. The van der Waals surface area contributed by atoms with Gasteiger partial charge in [-0.25, -0.2) is 4.79 Å². The summed E-state index contributed by atoms with van der Waals surface area (Å²) in [6.07, 6.45) is 9.32. The Hall–Kier alpha value is -1.62. The molecule has 116 valence electrons. The molecule has 0 aromatic heterocycles. The molecule has 0 radical (unpaired) electrons. The van der Waals surface area contributed by atoms with Crippen LogP contribution < -0.4 is 10.4 Å². The van der Waals surface area contributed by atoms with E-state index in [1.807, 2.05) is 0 Å². The van der Waals surface area contributed by atoms with Crippen molar-refractivity contribution >= 4 is 11.9 Å². The van der Waals surface area contributed by atoms with Crippen molar-refractivity contribution in [3.63, 3.8) is 0 Å². The number of carboxylic acids is 2. The van der Waals surface area contributed by atoms with E-state index in [2.05, 4.69) is 38.9 Å². The minimum atomic E-state index is -1.51. The van der Waals surface area contributed by atoms with E-state index in [4.69, 9.17) is 5.11 Å². The summed E-state index contributed by atoms with van der Waals surface area (Å²) in [6.45, 7) is 8.36. The van der Waals surface area contributed by atoms with E-state index in [9.17, 15) is 14.7 Å². The number of hydrogen-bond acceptors (Lipinski definition) is 3. The standard InChI is InChI=1S/C11H23N.C4H4O4/c1-5-8-11(12-4,9-6-2)10-7-3;5-3(6)1-2-4(7)8/h5,12H,1,6-10H2,2-4H3;1-2H,(H,5,6)(H,7,8)/b;2-1-. The lowest BCUT2D eigenvalue weighted by molar-refractivity contribution is -0.705. The van der Waals surface area contributed by atoms with Gasteiger partial charge in [0.05, 0.1) is 18.6 Å². The van der Waals surface area contributed by atoms with Gasteiger partial charge in [-0.3, -0.25) is 0 Å². The van der Waals surface area contributed by atoms with E-state index in [1.165, 1.54) is 25.7 Å². The number of carbonyl (C=O) groups excluding carboxylic acids is 1. The normalized spacial score (nSPS) is 10.8. The van der Waals surface area contributed by atoms with E-state index in [0.717, 1.165) is 6.42 Å². The summed E-state index contributed by atoms with van der Waals surface area (Å²) in [7, 11) is 2.19. The monoisotopic (exact) mass is 285 g/mol. The zero-order chi connectivity index (χ0) is 16.0. The molecular weight excluding hydrogens is 258 g/mol. The summed E-state index contributed by atoms with van der Waals surface area (Å²) in [5.41, 5.74) is 0.450. The van der Waals surface area contributed by atoms with Gasteiger partial charge in [-0.2, -0.15) is 0 Å². The molecule has 3 N–H and O–H groups in total. The molecule has 0 atom stereocenters. The third kappa shape index (κ3) is 11.5. The highest BCUT2D eigenvalue weighted by molar-refractivity contribution is 5.88. The van der Waals surface area contributed by atoms with Gasteiger partial charge in [-0.05, 0) is 6.08 Å². The molecule has 5 nitrogen and oxygen atoms in total. The summed E-state index contributed by atoms with van der Waals surface area (Å²) in [4.78, 5) is 19.0. The summed E-state index contributed by atoms with van der Waals surface area (Å²) in [5, 5.41) is 19.6. The van der Waals surface area contributed by atoms with E-state index >= 15 is 0 Å². The number of aliphatic carboxylic acids is 2. The number of carboxylic acid groups (broad SMARTS) is 2. The van der Waals surface area contributed by atoms with Crippen molar-refractivity contribution < 1.29 is 25.1 Å². The van der Waals surface area contributed by atoms with Crippen molar-refractivity contribution in [2.75, 3.05) is 7.05 Å². The molecule has 0 fully saturated rings. The predicted octanol–water partition coefficient (Wildman–Crippen LogP) is 0.472. The molecule has 0 bridgehead atoms. The highest BCUT2D eigenvalue weighted by Gasteiger charge is 2.28. The Morgan fingerprint density at radius 1 is 1.25 bits per heavy atom. The van der Waals surface area contributed by atoms with E-state index in [1.54, 1.807) is 0 Å². The fourth-order valence-corrected chi connectivity index (χ4v) is 2.16. The highest BCUT2D eigenvalue weighted by atomic mass is 16.4. The van der Waals surface area contributed by atoms with Gasteiger partial charge < -0.3 is 20.3 Å². The zero-order valence-electron chi connectivity index (χ0n) is 12.7. The van der Waals surface area contributed by atoms with Crippen molar-refractivity contribution in [2.24, 2.45) is 0 Å². The number of nitrogens with two attached hydrogens (primary N) is 1. The third-order valence-corrected chi connectivity index (χ3v) is 3.02. The Labute approximate surface area is 121 Å². The van der Waals surface area contributed by atoms with Crippen molar-refractivity contribution in [3.8, 4) is 0 Å². The lowest BCUT2D eigenvalue weighted by Crippen LogP contribution is -2.93. The van der Waals surface area contributed by atoms with Crippen LogP contribution in [0.3, 0.4) is 0 Å². The first kappa shape index (κ1) is 20.7. The van der Waals surface area contributed by atoms with Gasteiger partial charge in [0, 0.05) is 25.3 Å². The van der Waals surface area contributed by atoms with Gasteiger partial charge >= 0.3 is 5.97 Å². The fraction of sp³-hybridized carbons (Fsp3) is 0.600. The molecule has 0 aromatic carbocycles. The first-order chi connectivity index (χ1) is 9.37. The van der Waals surface area contributed by atoms with Crippen LogP contribution >= 0.6 is 0 Å². The molecule has 0 amide bonds. The minimum absolute atomic E-state index is 0.447. The van der Waals surface area contributed by atoms with Crippen LogP contribution in [-0.2, 0) is 9.59 Å². The van der Waals surface area contributed by atoms with Crippen LogP contribution in [-0.4, -0.2) is 29.6 Å². The Morgan fingerprint density at radius 2 is 1.75 bits per heavy atom. The predicted molar refractivity (Wildman–Crippen MR) is 77.0 cm³/mol. The maximum absolute atomic E-state index is 9.53. The number of quaternary nitrogens is 1. The van der Waals surface area contributed by atoms with Gasteiger partial charge in [0.2, 0.25) is 0 Å². The Morgan fingerprint density at radius 3 is 1.95 bits per heavy atom. The number of carbonyl (C=O) groups is 2. The lowest BCUT2D eigenvalue weighted by atomic mass is 9.85. The minimum Gasteiger partial charge on any atom is -0.545 e. The molecule has 0 aliphatic rings. The first-order valence-electron chi connectivity index (χ1n) is 6.90. The Kier molecular flexibility index (Phi) is 12.8. The summed E-state index contributed by atoms with van der Waals surface area (Å²) in [5.74, 6) is -2.80. The van der Waals surface area contributed by atoms with Crippen LogP contribution in [0, 0.1) is 0 Å². The molecule has 0 spiro atoms. The summed E-state index contributed by atoms with van der Waals surface area (Å²) < 4.78 is 0. The van der Waals surface area contributed by atoms with Crippen LogP contribution in [0.4, 0.5) is 0 Å². The van der Waals surface area contributed by atoms with Crippen LogP contribution in [0.25, 0.3) is 0 Å². The van der Waals surface area contributed by atoms with Crippen LogP contribution in [0.2, 0.25) is 0 Å². The molecule has 0 aromatic rings. The molecule has 20 heavy (non-hydrogen) atoms. The summed E-state index contributed by atoms with van der Waals surface area (Å²) in [6, 6.07) is 0. The lowest BCUT2D eigenvalue weighted by Gasteiger charge is -2.28. The Bertz CT molecular complexity index is 302. The van der Waals surface area contributed by atoms with Gasteiger partial charge in [0.15, 0.2) is 0 Å². The topological polar surface area (TPSA) is 94.0 Å². The molecular formula is C15H27NO4. The van der Waals surface area contributed by atoms with E-state index in [-0.39, 0.29) is 0 Å². The highest BCUT2D eigenvalue weighted by Crippen LogP contribution is 2.19. The fourth-order valence-electron chi connectivity index (χ4n) is 2.16. The maximum Gasteiger partial charge on any atom is 0.328 e. The van der Waals surface area contributed by atoms with Crippen molar-refractivity contribution in [2.45, 2.75) is 51.5 Å². The molecule has 0 rings (SSSR count). The van der Waals surface area contributed by atoms with Gasteiger partial charge in [0.25, 0.3) is 0 Å². The molecule has 0 heterocycles. The second kappa shape index (κ2) is 12.4.